The molecule has 0 bridgehead atoms. The summed E-state index contributed by atoms with van der Waals surface area (Å²) in [5.41, 5.74) is -1.17. The Morgan fingerprint density at radius 3 is 2.35 bits per heavy atom. The Labute approximate surface area is 119 Å². The fourth-order valence-electron chi connectivity index (χ4n) is 2.17. The lowest BCUT2D eigenvalue weighted by Gasteiger charge is -2.35. The van der Waals surface area contributed by atoms with Crippen LogP contribution in [0.15, 0.2) is 0 Å². The summed E-state index contributed by atoms with van der Waals surface area (Å²) in [4.78, 5) is 36.3. The van der Waals surface area contributed by atoms with Crippen LogP contribution in [0.3, 0.4) is 0 Å². The minimum absolute atomic E-state index is 0.214. The molecular formula is C14H24N2O4. The lowest BCUT2D eigenvalue weighted by molar-refractivity contribution is -0.149. The first-order valence-corrected chi connectivity index (χ1v) is 6.95. The Kier molecular flexibility index (Phi) is 5.14. The predicted molar refractivity (Wildman–Crippen MR) is 74.1 cm³/mol. The number of piperidine rings is 1. The van der Waals surface area contributed by atoms with Gasteiger partial charge in [-0.15, -0.1) is 0 Å². The molecule has 3 amide bonds. The molecule has 0 radical (unpaired) electrons. The highest BCUT2D eigenvalue weighted by Crippen LogP contribution is 2.23. The van der Waals surface area contributed by atoms with Gasteiger partial charge in [-0.3, -0.25) is 14.9 Å². The Morgan fingerprint density at radius 1 is 1.25 bits per heavy atom. The number of amides is 3. The van der Waals surface area contributed by atoms with Crippen molar-refractivity contribution in [1.29, 1.82) is 0 Å². The third-order valence-electron chi connectivity index (χ3n) is 4.05. The number of carbonyl (C=O) groups excluding carboxylic acids is 2. The molecule has 0 aromatic rings. The van der Waals surface area contributed by atoms with E-state index in [1.165, 1.54) is 13.8 Å². The number of nitrogens with one attached hydrogen (secondary N) is 1. The van der Waals surface area contributed by atoms with E-state index in [2.05, 4.69) is 19.2 Å². The number of likely N-dealkylation sites (tertiary alicyclic amines) is 1. The van der Waals surface area contributed by atoms with Gasteiger partial charge in [0.2, 0.25) is 5.91 Å². The highest BCUT2D eigenvalue weighted by molar-refractivity contribution is 5.96. The second-order valence-corrected chi connectivity index (χ2v) is 6.41. The van der Waals surface area contributed by atoms with Gasteiger partial charge in [0.25, 0.3) is 0 Å². The van der Waals surface area contributed by atoms with Gasteiger partial charge in [-0.1, -0.05) is 13.8 Å². The van der Waals surface area contributed by atoms with E-state index in [9.17, 15) is 14.4 Å². The molecule has 1 heterocycles. The van der Waals surface area contributed by atoms with Crippen LogP contribution in [0.1, 0.15) is 40.5 Å². The SMILES string of the molecule is CC1CCN(C(=O)NC(=O)CC(C)(C)C(=O)O)CC1C. The number of imide groups is 1. The number of carboxylic acids is 1. The van der Waals surface area contributed by atoms with E-state index >= 15 is 0 Å². The zero-order valence-corrected chi connectivity index (χ0v) is 12.6. The maximum Gasteiger partial charge on any atom is 0.324 e. The van der Waals surface area contributed by atoms with Gasteiger partial charge in [-0.05, 0) is 32.1 Å². The van der Waals surface area contributed by atoms with Crippen molar-refractivity contribution >= 4 is 17.9 Å². The highest BCUT2D eigenvalue weighted by Gasteiger charge is 2.32. The number of rotatable bonds is 3. The largest absolute Gasteiger partial charge is 0.481 e. The molecule has 1 aliphatic rings. The third-order valence-corrected chi connectivity index (χ3v) is 4.05. The van der Waals surface area contributed by atoms with Crippen molar-refractivity contribution in [2.75, 3.05) is 13.1 Å². The summed E-state index contributed by atoms with van der Waals surface area (Å²) in [6.07, 6.45) is 0.706. The monoisotopic (exact) mass is 284 g/mol. The Bertz CT molecular complexity index is 406. The minimum Gasteiger partial charge on any atom is -0.481 e. The Hall–Kier alpha value is -1.59. The first kappa shape index (κ1) is 16.5. The van der Waals surface area contributed by atoms with Crippen LogP contribution in [0.2, 0.25) is 0 Å². The average Bonchev–Trinajstić information content (AvgIpc) is 2.31. The van der Waals surface area contributed by atoms with E-state index in [0.717, 1.165) is 6.42 Å². The van der Waals surface area contributed by atoms with E-state index in [4.69, 9.17) is 5.11 Å². The maximum absolute atomic E-state index is 12.0. The summed E-state index contributed by atoms with van der Waals surface area (Å²) in [6.45, 7) is 8.42. The van der Waals surface area contributed by atoms with Crippen molar-refractivity contribution in [3.63, 3.8) is 0 Å². The van der Waals surface area contributed by atoms with Crippen LogP contribution in [0.5, 0.6) is 0 Å². The fourth-order valence-corrected chi connectivity index (χ4v) is 2.17. The summed E-state index contributed by atoms with van der Waals surface area (Å²) in [5.74, 6) is -0.630. The number of hydrogen-bond acceptors (Lipinski definition) is 3. The molecule has 114 valence electrons. The molecule has 1 rings (SSSR count). The first-order chi connectivity index (χ1) is 9.13. The normalized spacial score (nSPS) is 23.3. The molecule has 0 saturated carbocycles. The molecule has 6 heteroatoms. The molecular weight excluding hydrogens is 260 g/mol. The summed E-state index contributed by atoms with van der Waals surface area (Å²) in [6, 6.07) is -0.421. The lowest BCUT2D eigenvalue weighted by Crippen LogP contribution is -2.49. The van der Waals surface area contributed by atoms with Gasteiger partial charge < -0.3 is 10.0 Å². The third kappa shape index (κ3) is 4.21. The number of urea groups is 1. The van der Waals surface area contributed by atoms with Crippen LogP contribution in [0.4, 0.5) is 4.79 Å². The van der Waals surface area contributed by atoms with Crippen LogP contribution < -0.4 is 5.32 Å². The van der Waals surface area contributed by atoms with Gasteiger partial charge in [-0.2, -0.15) is 0 Å². The lowest BCUT2D eigenvalue weighted by atomic mass is 9.88. The van der Waals surface area contributed by atoms with E-state index < -0.39 is 23.3 Å². The van der Waals surface area contributed by atoms with E-state index in [-0.39, 0.29) is 6.42 Å². The first-order valence-electron chi connectivity index (χ1n) is 6.95. The summed E-state index contributed by atoms with van der Waals surface area (Å²) >= 11 is 0. The van der Waals surface area contributed by atoms with Crippen molar-refractivity contribution in [2.45, 2.75) is 40.5 Å². The zero-order chi connectivity index (χ0) is 15.5. The van der Waals surface area contributed by atoms with E-state index in [1.807, 2.05) is 0 Å². The number of carbonyl (C=O) groups is 3. The van der Waals surface area contributed by atoms with Crippen molar-refractivity contribution < 1.29 is 19.5 Å². The van der Waals surface area contributed by atoms with Gasteiger partial charge in [0.05, 0.1) is 5.41 Å². The molecule has 20 heavy (non-hydrogen) atoms. The molecule has 1 saturated heterocycles. The van der Waals surface area contributed by atoms with Gasteiger partial charge in [0.15, 0.2) is 0 Å². The topological polar surface area (TPSA) is 86.7 Å². The highest BCUT2D eigenvalue weighted by atomic mass is 16.4. The smallest absolute Gasteiger partial charge is 0.324 e. The van der Waals surface area contributed by atoms with Gasteiger partial charge in [0, 0.05) is 19.5 Å². The summed E-state index contributed by atoms with van der Waals surface area (Å²) in [7, 11) is 0. The van der Waals surface area contributed by atoms with Crippen LogP contribution in [0, 0.1) is 17.3 Å². The molecule has 2 N–H and O–H groups in total. The number of carboxylic acid groups (broad SMARTS) is 1. The molecule has 0 aromatic heterocycles. The maximum atomic E-state index is 12.0. The molecule has 1 aliphatic heterocycles. The molecule has 0 spiro atoms. The quantitative estimate of drug-likeness (QED) is 0.826. The van der Waals surface area contributed by atoms with Gasteiger partial charge in [-0.25, -0.2) is 4.79 Å². The van der Waals surface area contributed by atoms with Gasteiger partial charge >= 0.3 is 12.0 Å². The molecule has 2 atom stereocenters. The Balaban J connectivity index is 2.50. The second-order valence-electron chi connectivity index (χ2n) is 6.41. The molecule has 0 aromatic carbocycles. The van der Waals surface area contributed by atoms with Crippen LogP contribution in [-0.4, -0.2) is 41.0 Å². The van der Waals surface area contributed by atoms with Crippen molar-refractivity contribution in [3.05, 3.63) is 0 Å². The van der Waals surface area contributed by atoms with E-state index in [0.29, 0.717) is 24.9 Å². The van der Waals surface area contributed by atoms with Crippen LogP contribution >= 0.6 is 0 Å². The molecule has 0 aliphatic carbocycles. The number of hydrogen-bond donors (Lipinski definition) is 2. The summed E-state index contributed by atoms with van der Waals surface area (Å²) in [5, 5.41) is 11.2. The van der Waals surface area contributed by atoms with Crippen molar-refractivity contribution in [2.24, 2.45) is 17.3 Å². The van der Waals surface area contributed by atoms with Crippen LogP contribution in [0.25, 0.3) is 0 Å². The van der Waals surface area contributed by atoms with Crippen LogP contribution in [-0.2, 0) is 9.59 Å². The number of aliphatic carboxylic acids is 1. The Morgan fingerprint density at radius 2 is 1.85 bits per heavy atom. The molecule has 6 nitrogen and oxygen atoms in total. The van der Waals surface area contributed by atoms with Crippen molar-refractivity contribution in [3.8, 4) is 0 Å². The number of nitrogens with zero attached hydrogens (tertiary/aromatic N) is 1. The average molecular weight is 284 g/mol. The molecule has 2 unspecified atom stereocenters. The minimum atomic E-state index is -1.17. The van der Waals surface area contributed by atoms with E-state index in [1.54, 1.807) is 4.90 Å². The zero-order valence-electron chi connectivity index (χ0n) is 12.6. The standard InChI is InChI=1S/C14H24N2O4/c1-9-5-6-16(8-10(9)2)13(20)15-11(17)7-14(3,4)12(18)19/h9-10H,5-8H2,1-4H3,(H,18,19)(H,15,17,20). The molecule has 1 fully saturated rings. The fraction of sp³-hybridized carbons (Fsp3) is 0.786. The summed E-state index contributed by atoms with van der Waals surface area (Å²) < 4.78 is 0. The van der Waals surface area contributed by atoms with Gasteiger partial charge in [0.1, 0.15) is 0 Å². The second kappa shape index (κ2) is 6.24. The van der Waals surface area contributed by atoms with Crippen molar-refractivity contribution in [1.82, 2.24) is 10.2 Å². The predicted octanol–water partition coefficient (Wildman–Crippen LogP) is 1.70.